The standard InChI is InChI=1S/C12H19N3O2S/c1-2-15(9-10-4-3-5-10)18(16,17)11-6-7-14-12(13)8-11/h6-8,10H,2-5,9H2,1H3,(H2,13,14). The van der Waals surface area contributed by atoms with Crippen LogP contribution in [0.25, 0.3) is 0 Å². The first kappa shape index (κ1) is 13.3. The van der Waals surface area contributed by atoms with Crippen LogP contribution in [0.3, 0.4) is 0 Å². The van der Waals surface area contributed by atoms with Crippen LogP contribution in [0.4, 0.5) is 5.82 Å². The second-order valence-electron chi connectivity index (χ2n) is 4.67. The number of rotatable bonds is 5. The Bertz CT molecular complexity index is 512. The van der Waals surface area contributed by atoms with E-state index in [9.17, 15) is 8.42 Å². The van der Waals surface area contributed by atoms with Crippen molar-refractivity contribution in [2.24, 2.45) is 5.92 Å². The predicted octanol–water partition coefficient (Wildman–Crippen LogP) is 1.47. The molecule has 0 atom stereocenters. The third kappa shape index (κ3) is 2.64. The van der Waals surface area contributed by atoms with Gasteiger partial charge in [-0.05, 0) is 24.8 Å². The van der Waals surface area contributed by atoms with E-state index in [-0.39, 0.29) is 10.7 Å². The van der Waals surface area contributed by atoms with E-state index in [1.54, 1.807) is 0 Å². The van der Waals surface area contributed by atoms with E-state index in [4.69, 9.17) is 5.73 Å². The Kier molecular flexibility index (Phi) is 3.87. The number of aromatic nitrogens is 1. The molecule has 1 fully saturated rings. The van der Waals surface area contributed by atoms with Crippen LogP contribution in [0.2, 0.25) is 0 Å². The highest BCUT2D eigenvalue weighted by molar-refractivity contribution is 7.89. The van der Waals surface area contributed by atoms with Crippen molar-refractivity contribution >= 4 is 15.8 Å². The van der Waals surface area contributed by atoms with Crippen molar-refractivity contribution in [2.75, 3.05) is 18.8 Å². The van der Waals surface area contributed by atoms with Gasteiger partial charge < -0.3 is 5.73 Å². The van der Waals surface area contributed by atoms with E-state index in [2.05, 4.69) is 4.98 Å². The molecule has 5 nitrogen and oxygen atoms in total. The first-order valence-electron chi connectivity index (χ1n) is 6.25. The molecule has 0 amide bonds. The van der Waals surface area contributed by atoms with Crippen molar-refractivity contribution < 1.29 is 8.42 Å². The molecule has 0 spiro atoms. The van der Waals surface area contributed by atoms with E-state index in [1.807, 2.05) is 6.92 Å². The van der Waals surface area contributed by atoms with E-state index in [0.717, 1.165) is 12.8 Å². The third-order valence-electron chi connectivity index (χ3n) is 3.43. The number of nitrogens with zero attached hydrogens (tertiary/aromatic N) is 2. The molecular formula is C12H19N3O2S. The molecule has 100 valence electrons. The zero-order valence-electron chi connectivity index (χ0n) is 10.5. The van der Waals surface area contributed by atoms with Crippen molar-refractivity contribution in [1.82, 2.24) is 9.29 Å². The van der Waals surface area contributed by atoms with Crippen molar-refractivity contribution in [2.45, 2.75) is 31.1 Å². The lowest BCUT2D eigenvalue weighted by Gasteiger charge is -2.31. The number of anilines is 1. The molecule has 18 heavy (non-hydrogen) atoms. The zero-order chi connectivity index (χ0) is 13.2. The molecule has 0 aliphatic heterocycles. The maximum Gasteiger partial charge on any atom is 0.243 e. The highest BCUT2D eigenvalue weighted by Gasteiger charge is 2.28. The van der Waals surface area contributed by atoms with Gasteiger partial charge in [0.15, 0.2) is 0 Å². The first-order valence-corrected chi connectivity index (χ1v) is 7.69. The van der Waals surface area contributed by atoms with Crippen LogP contribution in [0.1, 0.15) is 26.2 Å². The van der Waals surface area contributed by atoms with Gasteiger partial charge in [0.1, 0.15) is 5.82 Å². The highest BCUT2D eigenvalue weighted by Crippen LogP contribution is 2.29. The fraction of sp³-hybridized carbons (Fsp3) is 0.583. The van der Waals surface area contributed by atoms with Crippen LogP contribution < -0.4 is 5.73 Å². The van der Waals surface area contributed by atoms with Crippen molar-refractivity contribution in [3.8, 4) is 0 Å². The molecule has 1 aromatic rings. The summed E-state index contributed by atoms with van der Waals surface area (Å²) in [5.41, 5.74) is 5.54. The Balaban J connectivity index is 2.21. The van der Waals surface area contributed by atoms with E-state index in [0.29, 0.717) is 19.0 Å². The largest absolute Gasteiger partial charge is 0.384 e. The van der Waals surface area contributed by atoms with Gasteiger partial charge in [0.2, 0.25) is 10.0 Å². The molecular weight excluding hydrogens is 250 g/mol. The van der Waals surface area contributed by atoms with Gasteiger partial charge in [-0.1, -0.05) is 13.3 Å². The lowest BCUT2D eigenvalue weighted by Crippen LogP contribution is -2.37. The Hall–Kier alpha value is -1.14. The first-order chi connectivity index (χ1) is 8.54. The van der Waals surface area contributed by atoms with E-state index < -0.39 is 10.0 Å². The minimum Gasteiger partial charge on any atom is -0.384 e. The Morgan fingerprint density at radius 3 is 2.72 bits per heavy atom. The molecule has 0 saturated heterocycles. The van der Waals surface area contributed by atoms with E-state index >= 15 is 0 Å². The summed E-state index contributed by atoms with van der Waals surface area (Å²) in [7, 11) is -3.43. The van der Waals surface area contributed by atoms with Crippen LogP contribution in [0.15, 0.2) is 23.2 Å². The maximum absolute atomic E-state index is 12.4. The molecule has 6 heteroatoms. The molecule has 0 radical (unpaired) electrons. The molecule has 1 aromatic heterocycles. The predicted molar refractivity (Wildman–Crippen MR) is 70.4 cm³/mol. The fourth-order valence-electron chi connectivity index (χ4n) is 2.10. The normalized spacial score (nSPS) is 16.8. The smallest absolute Gasteiger partial charge is 0.243 e. The topological polar surface area (TPSA) is 76.3 Å². The Morgan fingerprint density at radius 2 is 2.22 bits per heavy atom. The van der Waals surface area contributed by atoms with E-state index in [1.165, 1.54) is 29.1 Å². The number of hydrogen-bond donors (Lipinski definition) is 1. The number of pyridine rings is 1. The number of nitrogens with two attached hydrogens (primary N) is 1. The van der Waals surface area contributed by atoms with Crippen LogP contribution in [-0.2, 0) is 10.0 Å². The lowest BCUT2D eigenvalue weighted by molar-refractivity contribution is 0.250. The maximum atomic E-state index is 12.4. The summed E-state index contributed by atoms with van der Waals surface area (Å²) in [5.74, 6) is 0.745. The number of hydrogen-bond acceptors (Lipinski definition) is 4. The number of nitrogen functional groups attached to an aromatic ring is 1. The molecule has 2 rings (SSSR count). The van der Waals surface area contributed by atoms with Gasteiger partial charge in [0.05, 0.1) is 4.90 Å². The van der Waals surface area contributed by atoms with Crippen LogP contribution in [0, 0.1) is 5.92 Å². The summed E-state index contributed by atoms with van der Waals surface area (Å²) in [6, 6.07) is 2.91. The average Bonchev–Trinajstić information content (AvgIpc) is 2.27. The SMILES string of the molecule is CCN(CC1CCC1)S(=O)(=O)c1ccnc(N)c1. The van der Waals surface area contributed by atoms with Gasteiger partial charge in [-0.15, -0.1) is 0 Å². The third-order valence-corrected chi connectivity index (χ3v) is 5.37. The molecule has 2 N–H and O–H groups in total. The summed E-state index contributed by atoms with van der Waals surface area (Å²) >= 11 is 0. The quantitative estimate of drug-likeness (QED) is 0.878. The monoisotopic (exact) mass is 269 g/mol. The molecule has 1 saturated carbocycles. The highest BCUT2D eigenvalue weighted by atomic mass is 32.2. The summed E-state index contributed by atoms with van der Waals surface area (Å²) < 4.78 is 26.4. The summed E-state index contributed by atoms with van der Waals surface area (Å²) in [6.07, 6.45) is 4.90. The molecule has 1 heterocycles. The summed E-state index contributed by atoms with van der Waals surface area (Å²) in [5, 5.41) is 0. The number of sulfonamides is 1. The van der Waals surface area contributed by atoms with Crippen LogP contribution in [0.5, 0.6) is 0 Å². The molecule has 1 aliphatic rings. The van der Waals surface area contributed by atoms with Gasteiger partial charge in [0, 0.05) is 25.4 Å². The second kappa shape index (κ2) is 5.24. The average molecular weight is 269 g/mol. The lowest BCUT2D eigenvalue weighted by atomic mass is 9.85. The van der Waals surface area contributed by atoms with Crippen LogP contribution in [-0.4, -0.2) is 30.8 Å². The summed E-state index contributed by atoms with van der Waals surface area (Å²) in [6.45, 7) is 2.96. The Morgan fingerprint density at radius 1 is 1.50 bits per heavy atom. The van der Waals surface area contributed by atoms with Crippen LogP contribution >= 0.6 is 0 Å². The van der Waals surface area contributed by atoms with Crippen molar-refractivity contribution in [3.63, 3.8) is 0 Å². The molecule has 0 unspecified atom stereocenters. The molecule has 0 bridgehead atoms. The van der Waals surface area contributed by atoms with Gasteiger partial charge >= 0.3 is 0 Å². The Labute approximate surface area is 108 Å². The van der Waals surface area contributed by atoms with Crippen molar-refractivity contribution in [1.29, 1.82) is 0 Å². The second-order valence-corrected chi connectivity index (χ2v) is 6.61. The minimum atomic E-state index is -3.43. The zero-order valence-corrected chi connectivity index (χ0v) is 11.4. The minimum absolute atomic E-state index is 0.232. The fourth-order valence-corrected chi connectivity index (χ4v) is 3.65. The molecule has 0 aromatic carbocycles. The molecule has 1 aliphatic carbocycles. The van der Waals surface area contributed by atoms with Gasteiger partial charge in [0.25, 0.3) is 0 Å². The van der Waals surface area contributed by atoms with Gasteiger partial charge in [-0.3, -0.25) is 0 Å². The summed E-state index contributed by atoms with van der Waals surface area (Å²) in [4.78, 5) is 4.05. The van der Waals surface area contributed by atoms with Crippen molar-refractivity contribution in [3.05, 3.63) is 18.3 Å². The van der Waals surface area contributed by atoms with Gasteiger partial charge in [-0.2, -0.15) is 4.31 Å². The van der Waals surface area contributed by atoms with Gasteiger partial charge in [-0.25, -0.2) is 13.4 Å².